The summed E-state index contributed by atoms with van der Waals surface area (Å²) >= 11 is 0. The van der Waals surface area contributed by atoms with Gasteiger partial charge in [-0.3, -0.25) is 9.59 Å². The van der Waals surface area contributed by atoms with Crippen LogP contribution in [0.5, 0.6) is 0 Å². The third-order valence-electron chi connectivity index (χ3n) is 3.96. The monoisotopic (exact) mass is 318 g/mol. The van der Waals surface area contributed by atoms with Crippen LogP contribution in [-0.2, 0) is 11.3 Å². The van der Waals surface area contributed by atoms with Crippen LogP contribution < -0.4 is 16.0 Å². The molecule has 1 aromatic rings. The lowest BCUT2D eigenvalue weighted by molar-refractivity contribution is -0.124. The number of rotatable bonds is 7. The summed E-state index contributed by atoms with van der Waals surface area (Å²) in [6.07, 6.45) is 0.901. The van der Waals surface area contributed by atoms with Gasteiger partial charge in [0.1, 0.15) is 0 Å². The van der Waals surface area contributed by atoms with Crippen molar-refractivity contribution >= 4 is 11.8 Å². The summed E-state index contributed by atoms with van der Waals surface area (Å²) in [5, 5.41) is 9.02. The summed E-state index contributed by atoms with van der Waals surface area (Å²) in [5.41, 5.74) is 1.63. The maximum absolute atomic E-state index is 12.0. The lowest BCUT2D eigenvalue weighted by Gasteiger charge is -2.11. The van der Waals surface area contributed by atoms with Crippen LogP contribution in [0.2, 0.25) is 0 Å². The standard InChI is InChI=1S/C17H26N4O2/c1-21(2)10-9-19-16(22)14-5-3-13(4-6-14)11-20-17(23)15-7-8-18-12-15/h3-6,15,18H,7-12H2,1-2H3,(H,19,22)(H,20,23). The zero-order chi connectivity index (χ0) is 16.7. The number of carbonyl (C=O) groups is 2. The van der Waals surface area contributed by atoms with Gasteiger partial charge < -0.3 is 20.9 Å². The Bertz CT molecular complexity index is 522. The van der Waals surface area contributed by atoms with Crippen molar-refractivity contribution in [3.63, 3.8) is 0 Å². The third-order valence-corrected chi connectivity index (χ3v) is 3.96. The van der Waals surface area contributed by atoms with Crippen LogP contribution in [0.15, 0.2) is 24.3 Å². The molecule has 0 saturated carbocycles. The third kappa shape index (κ3) is 5.65. The van der Waals surface area contributed by atoms with Gasteiger partial charge in [-0.15, -0.1) is 0 Å². The van der Waals surface area contributed by atoms with Crippen LogP contribution in [0.3, 0.4) is 0 Å². The van der Waals surface area contributed by atoms with E-state index in [1.807, 2.05) is 31.1 Å². The molecule has 1 aromatic carbocycles. The van der Waals surface area contributed by atoms with E-state index in [0.29, 0.717) is 18.7 Å². The number of nitrogens with zero attached hydrogens (tertiary/aromatic N) is 1. The Morgan fingerprint density at radius 1 is 1.22 bits per heavy atom. The Morgan fingerprint density at radius 3 is 2.57 bits per heavy atom. The van der Waals surface area contributed by atoms with Gasteiger partial charge in [0.2, 0.25) is 5.91 Å². The lowest BCUT2D eigenvalue weighted by Crippen LogP contribution is -2.32. The molecular formula is C17H26N4O2. The fourth-order valence-electron chi connectivity index (χ4n) is 2.48. The van der Waals surface area contributed by atoms with Gasteiger partial charge in [0.15, 0.2) is 0 Å². The van der Waals surface area contributed by atoms with Crippen molar-refractivity contribution in [2.75, 3.05) is 40.3 Å². The van der Waals surface area contributed by atoms with Crippen molar-refractivity contribution < 1.29 is 9.59 Å². The molecule has 0 radical (unpaired) electrons. The minimum Gasteiger partial charge on any atom is -0.352 e. The van der Waals surface area contributed by atoms with Crippen molar-refractivity contribution in [2.45, 2.75) is 13.0 Å². The number of likely N-dealkylation sites (N-methyl/N-ethyl adjacent to an activating group) is 1. The summed E-state index contributed by atoms with van der Waals surface area (Å²) < 4.78 is 0. The molecule has 1 saturated heterocycles. The van der Waals surface area contributed by atoms with E-state index in [0.717, 1.165) is 31.6 Å². The van der Waals surface area contributed by atoms with Crippen molar-refractivity contribution in [3.8, 4) is 0 Å². The zero-order valence-corrected chi connectivity index (χ0v) is 13.9. The van der Waals surface area contributed by atoms with Gasteiger partial charge in [0.05, 0.1) is 5.92 Å². The molecule has 126 valence electrons. The number of amides is 2. The van der Waals surface area contributed by atoms with Crippen LogP contribution in [0.1, 0.15) is 22.3 Å². The van der Waals surface area contributed by atoms with Gasteiger partial charge in [-0.2, -0.15) is 0 Å². The van der Waals surface area contributed by atoms with E-state index < -0.39 is 0 Å². The van der Waals surface area contributed by atoms with Crippen LogP contribution in [-0.4, -0.2) is 57.0 Å². The smallest absolute Gasteiger partial charge is 0.251 e. The summed E-state index contributed by atoms with van der Waals surface area (Å²) in [6.45, 7) is 3.61. The van der Waals surface area contributed by atoms with E-state index in [2.05, 4.69) is 16.0 Å². The van der Waals surface area contributed by atoms with Crippen LogP contribution in [0, 0.1) is 5.92 Å². The molecule has 0 aromatic heterocycles. The first-order valence-corrected chi connectivity index (χ1v) is 8.06. The fraction of sp³-hybridized carbons (Fsp3) is 0.529. The van der Waals surface area contributed by atoms with Crippen LogP contribution in [0.25, 0.3) is 0 Å². The van der Waals surface area contributed by atoms with Gasteiger partial charge >= 0.3 is 0 Å². The molecule has 0 aliphatic carbocycles. The maximum Gasteiger partial charge on any atom is 0.251 e. The summed E-state index contributed by atoms with van der Waals surface area (Å²) in [4.78, 5) is 25.9. The first-order chi connectivity index (χ1) is 11.1. The molecule has 1 unspecified atom stereocenters. The van der Waals surface area contributed by atoms with Gasteiger partial charge in [-0.1, -0.05) is 12.1 Å². The highest BCUT2D eigenvalue weighted by molar-refractivity contribution is 5.94. The second-order valence-electron chi connectivity index (χ2n) is 6.16. The van der Waals surface area contributed by atoms with E-state index in [-0.39, 0.29) is 17.7 Å². The molecular weight excluding hydrogens is 292 g/mol. The average molecular weight is 318 g/mol. The molecule has 6 nitrogen and oxygen atoms in total. The van der Waals surface area contributed by atoms with E-state index in [1.54, 1.807) is 12.1 Å². The Morgan fingerprint density at radius 2 is 1.96 bits per heavy atom. The highest BCUT2D eigenvalue weighted by Gasteiger charge is 2.21. The minimum atomic E-state index is -0.0699. The van der Waals surface area contributed by atoms with Crippen LogP contribution in [0.4, 0.5) is 0 Å². The molecule has 1 atom stereocenters. The largest absolute Gasteiger partial charge is 0.352 e. The molecule has 1 aliphatic rings. The molecule has 1 aliphatic heterocycles. The highest BCUT2D eigenvalue weighted by atomic mass is 16.2. The second-order valence-corrected chi connectivity index (χ2v) is 6.16. The Labute approximate surface area is 137 Å². The summed E-state index contributed by atoms with van der Waals surface area (Å²) in [6, 6.07) is 7.36. The van der Waals surface area contributed by atoms with E-state index >= 15 is 0 Å². The molecule has 6 heteroatoms. The fourth-order valence-corrected chi connectivity index (χ4v) is 2.48. The predicted molar refractivity (Wildman–Crippen MR) is 90.2 cm³/mol. The molecule has 1 fully saturated rings. The van der Waals surface area contributed by atoms with Crippen molar-refractivity contribution in [3.05, 3.63) is 35.4 Å². The Hall–Kier alpha value is -1.92. The lowest BCUT2D eigenvalue weighted by atomic mass is 10.1. The Kier molecular flexibility index (Phi) is 6.55. The summed E-state index contributed by atoms with van der Waals surface area (Å²) in [5.74, 6) is 0.108. The number of nitrogens with one attached hydrogen (secondary N) is 3. The van der Waals surface area contributed by atoms with E-state index in [4.69, 9.17) is 0 Å². The Balaban J connectivity index is 1.77. The SMILES string of the molecule is CN(C)CCNC(=O)c1ccc(CNC(=O)C2CCNC2)cc1. The normalized spacial score (nSPS) is 17.3. The number of hydrogen-bond donors (Lipinski definition) is 3. The first kappa shape index (κ1) is 17.4. The first-order valence-electron chi connectivity index (χ1n) is 8.06. The van der Waals surface area contributed by atoms with Crippen molar-refractivity contribution in [2.24, 2.45) is 5.92 Å². The number of hydrogen-bond acceptors (Lipinski definition) is 4. The van der Waals surface area contributed by atoms with Crippen molar-refractivity contribution in [1.29, 1.82) is 0 Å². The number of carbonyl (C=O) groups excluding carboxylic acids is 2. The molecule has 2 amide bonds. The molecule has 23 heavy (non-hydrogen) atoms. The van der Waals surface area contributed by atoms with Crippen molar-refractivity contribution in [1.82, 2.24) is 20.9 Å². The van der Waals surface area contributed by atoms with Crippen LogP contribution >= 0.6 is 0 Å². The second kappa shape index (κ2) is 8.64. The van der Waals surface area contributed by atoms with Gasteiger partial charge in [-0.05, 0) is 44.8 Å². The van der Waals surface area contributed by atoms with Gasteiger partial charge in [-0.25, -0.2) is 0 Å². The average Bonchev–Trinajstić information content (AvgIpc) is 3.07. The predicted octanol–water partition coefficient (Wildman–Crippen LogP) is 0.204. The van der Waals surface area contributed by atoms with Gasteiger partial charge in [0.25, 0.3) is 5.91 Å². The quantitative estimate of drug-likeness (QED) is 0.672. The van der Waals surface area contributed by atoms with Gasteiger partial charge in [0, 0.05) is 31.7 Å². The summed E-state index contributed by atoms with van der Waals surface area (Å²) in [7, 11) is 3.94. The highest BCUT2D eigenvalue weighted by Crippen LogP contribution is 2.08. The van der Waals surface area contributed by atoms with E-state index in [1.165, 1.54) is 0 Å². The zero-order valence-electron chi connectivity index (χ0n) is 13.9. The molecule has 0 spiro atoms. The maximum atomic E-state index is 12.0. The van der Waals surface area contributed by atoms with E-state index in [9.17, 15) is 9.59 Å². The topological polar surface area (TPSA) is 73.5 Å². The molecule has 3 N–H and O–H groups in total. The number of benzene rings is 1. The minimum absolute atomic E-state index is 0.0699. The molecule has 0 bridgehead atoms. The molecule has 2 rings (SSSR count). The molecule has 1 heterocycles.